The van der Waals surface area contributed by atoms with Crippen LogP contribution in [-0.4, -0.2) is 33.9 Å². The second-order valence-corrected chi connectivity index (χ2v) is 5.67. The SMILES string of the molecule is Bc1ccc(S(=O)(=O)NC[C@H](C)C(=O)O)cc1. The fourth-order valence-corrected chi connectivity index (χ4v) is 2.25. The van der Waals surface area contributed by atoms with Crippen LogP contribution in [0.1, 0.15) is 6.92 Å². The normalized spacial score (nSPS) is 13.2. The molecule has 0 saturated heterocycles. The summed E-state index contributed by atoms with van der Waals surface area (Å²) < 4.78 is 25.8. The third-order valence-corrected chi connectivity index (χ3v) is 3.77. The first-order valence-corrected chi connectivity index (χ1v) is 6.60. The van der Waals surface area contributed by atoms with Gasteiger partial charge in [-0.25, -0.2) is 13.1 Å². The number of hydrogen-bond acceptors (Lipinski definition) is 3. The minimum atomic E-state index is -3.62. The lowest BCUT2D eigenvalue weighted by atomic mass is 9.97. The quantitative estimate of drug-likeness (QED) is 0.657. The number of sulfonamides is 1. The molecule has 0 heterocycles. The summed E-state index contributed by atoms with van der Waals surface area (Å²) in [5, 5.41) is 8.65. The maximum Gasteiger partial charge on any atom is 0.307 e. The molecule has 0 aliphatic rings. The van der Waals surface area contributed by atoms with Crippen LogP contribution in [0.4, 0.5) is 0 Å². The molecule has 0 unspecified atom stereocenters. The van der Waals surface area contributed by atoms with E-state index < -0.39 is 21.9 Å². The second kappa shape index (κ2) is 5.33. The van der Waals surface area contributed by atoms with Crippen LogP contribution in [0.5, 0.6) is 0 Å². The number of carbonyl (C=O) groups is 1. The van der Waals surface area contributed by atoms with Crippen molar-refractivity contribution in [3.63, 3.8) is 0 Å². The van der Waals surface area contributed by atoms with E-state index in [0.717, 1.165) is 5.46 Å². The molecule has 0 aliphatic heterocycles. The Bertz CT molecular complexity index is 498. The Morgan fingerprint density at radius 2 is 1.94 bits per heavy atom. The van der Waals surface area contributed by atoms with Crippen molar-refractivity contribution in [1.29, 1.82) is 0 Å². The molecule has 7 heteroatoms. The van der Waals surface area contributed by atoms with Gasteiger partial charge in [0.25, 0.3) is 0 Å². The van der Waals surface area contributed by atoms with Crippen LogP contribution in [-0.2, 0) is 14.8 Å². The van der Waals surface area contributed by atoms with Gasteiger partial charge in [-0.2, -0.15) is 0 Å². The average molecular weight is 255 g/mol. The molecule has 1 aromatic rings. The monoisotopic (exact) mass is 255 g/mol. The zero-order valence-electron chi connectivity index (χ0n) is 9.67. The van der Waals surface area contributed by atoms with Gasteiger partial charge in [-0.1, -0.05) is 24.5 Å². The zero-order chi connectivity index (χ0) is 13.1. The highest BCUT2D eigenvalue weighted by Crippen LogP contribution is 2.06. The van der Waals surface area contributed by atoms with Gasteiger partial charge in [0.15, 0.2) is 0 Å². The van der Waals surface area contributed by atoms with E-state index in [0.29, 0.717) is 0 Å². The predicted molar refractivity (Wildman–Crippen MR) is 66.6 cm³/mol. The second-order valence-electron chi connectivity index (χ2n) is 3.90. The van der Waals surface area contributed by atoms with Gasteiger partial charge in [0, 0.05) is 6.54 Å². The molecular weight excluding hydrogens is 241 g/mol. The summed E-state index contributed by atoms with van der Waals surface area (Å²) in [5.74, 6) is -1.79. The van der Waals surface area contributed by atoms with Crippen molar-refractivity contribution in [3.8, 4) is 0 Å². The molecular formula is C10H14BNO4S. The van der Waals surface area contributed by atoms with E-state index >= 15 is 0 Å². The molecule has 0 aromatic heterocycles. The largest absolute Gasteiger partial charge is 0.481 e. The van der Waals surface area contributed by atoms with Crippen LogP contribution in [0.3, 0.4) is 0 Å². The molecule has 0 aliphatic carbocycles. The van der Waals surface area contributed by atoms with E-state index in [-0.39, 0.29) is 11.4 Å². The van der Waals surface area contributed by atoms with Crippen molar-refractivity contribution in [2.75, 3.05) is 6.54 Å². The molecule has 0 amide bonds. The Kier molecular flexibility index (Phi) is 4.30. The first-order valence-electron chi connectivity index (χ1n) is 5.12. The van der Waals surface area contributed by atoms with Crippen LogP contribution in [0.25, 0.3) is 0 Å². The molecule has 1 aromatic carbocycles. The molecule has 5 nitrogen and oxygen atoms in total. The maximum atomic E-state index is 11.8. The topological polar surface area (TPSA) is 83.5 Å². The van der Waals surface area contributed by atoms with E-state index in [1.54, 1.807) is 12.1 Å². The molecule has 0 fully saturated rings. The predicted octanol–water partition coefficient (Wildman–Crippen LogP) is -1.06. The van der Waals surface area contributed by atoms with Gasteiger partial charge in [0.05, 0.1) is 10.8 Å². The third kappa shape index (κ3) is 3.87. The van der Waals surface area contributed by atoms with E-state index in [9.17, 15) is 13.2 Å². The van der Waals surface area contributed by atoms with Gasteiger partial charge in [-0.3, -0.25) is 4.79 Å². The van der Waals surface area contributed by atoms with Gasteiger partial charge in [-0.15, -0.1) is 0 Å². The van der Waals surface area contributed by atoms with Crippen molar-refractivity contribution in [2.45, 2.75) is 11.8 Å². The molecule has 2 N–H and O–H groups in total. The zero-order valence-corrected chi connectivity index (χ0v) is 10.5. The summed E-state index contributed by atoms with van der Waals surface area (Å²) in [6.07, 6.45) is 0. The number of benzene rings is 1. The summed E-state index contributed by atoms with van der Waals surface area (Å²) in [6.45, 7) is 1.32. The Balaban J connectivity index is 2.76. The highest BCUT2D eigenvalue weighted by atomic mass is 32.2. The average Bonchev–Trinajstić information content (AvgIpc) is 2.26. The minimum Gasteiger partial charge on any atom is -0.481 e. The standard InChI is InChI=1S/C10H14BNO4S/c1-7(10(13)14)6-12-17(15,16)9-4-2-8(11)3-5-9/h2-5,7,12H,6,11H2,1H3,(H,13,14)/t7-/m0/s1. The van der Waals surface area contributed by atoms with E-state index in [4.69, 9.17) is 5.11 Å². The first-order chi connectivity index (χ1) is 7.83. The minimum absolute atomic E-state index is 0.120. The van der Waals surface area contributed by atoms with Gasteiger partial charge in [0.2, 0.25) is 10.0 Å². The van der Waals surface area contributed by atoms with Crippen molar-refractivity contribution >= 4 is 29.3 Å². The number of carboxylic acid groups (broad SMARTS) is 1. The van der Waals surface area contributed by atoms with E-state index in [1.165, 1.54) is 19.1 Å². The number of rotatable bonds is 5. The Morgan fingerprint density at radius 1 is 1.41 bits per heavy atom. The van der Waals surface area contributed by atoms with Crippen molar-refractivity contribution in [1.82, 2.24) is 4.72 Å². The van der Waals surface area contributed by atoms with Gasteiger partial charge < -0.3 is 5.11 Å². The number of aliphatic carboxylic acids is 1. The summed E-state index contributed by atoms with van der Waals surface area (Å²) in [6, 6.07) is 6.36. The van der Waals surface area contributed by atoms with E-state index in [1.807, 2.05) is 7.85 Å². The van der Waals surface area contributed by atoms with Gasteiger partial charge in [0.1, 0.15) is 7.85 Å². The highest BCUT2D eigenvalue weighted by Gasteiger charge is 2.17. The lowest BCUT2D eigenvalue weighted by molar-refractivity contribution is -0.140. The number of hydrogen-bond donors (Lipinski definition) is 2. The number of carboxylic acids is 1. The molecule has 0 saturated carbocycles. The summed E-state index contributed by atoms with van der Waals surface area (Å²) in [5.41, 5.74) is 0.961. The van der Waals surface area contributed by atoms with Crippen molar-refractivity contribution in [3.05, 3.63) is 24.3 Å². The lowest BCUT2D eigenvalue weighted by Gasteiger charge is -2.09. The lowest BCUT2D eigenvalue weighted by Crippen LogP contribution is -2.31. The van der Waals surface area contributed by atoms with Crippen LogP contribution in [0.15, 0.2) is 29.2 Å². The van der Waals surface area contributed by atoms with Gasteiger partial charge >= 0.3 is 5.97 Å². The smallest absolute Gasteiger partial charge is 0.307 e. The first kappa shape index (κ1) is 13.7. The Morgan fingerprint density at radius 3 is 2.41 bits per heavy atom. The Labute approximate surface area is 101 Å². The Hall–Kier alpha value is -1.34. The van der Waals surface area contributed by atoms with Crippen molar-refractivity contribution in [2.24, 2.45) is 5.92 Å². The maximum absolute atomic E-state index is 11.8. The molecule has 1 atom stereocenters. The van der Waals surface area contributed by atoms with Crippen molar-refractivity contribution < 1.29 is 18.3 Å². The van der Waals surface area contributed by atoms with Crippen LogP contribution in [0, 0.1) is 5.92 Å². The van der Waals surface area contributed by atoms with E-state index in [2.05, 4.69) is 4.72 Å². The van der Waals surface area contributed by atoms with Crippen LogP contribution < -0.4 is 10.2 Å². The third-order valence-electron chi connectivity index (χ3n) is 2.33. The van der Waals surface area contributed by atoms with Gasteiger partial charge in [-0.05, 0) is 12.1 Å². The molecule has 92 valence electrons. The van der Waals surface area contributed by atoms with Crippen LogP contribution >= 0.6 is 0 Å². The fraction of sp³-hybridized carbons (Fsp3) is 0.300. The molecule has 0 bridgehead atoms. The number of nitrogens with one attached hydrogen (secondary N) is 1. The fourth-order valence-electron chi connectivity index (χ4n) is 1.12. The summed E-state index contributed by atoms with van der Waals surface area (Å²) >= 11 is 0. The molecule has 0 spiro atoms. The summed E-state index contributed by atoms with van der Waals surface area (Å²) in [4.78, 5) is 10.7. The summed E-state index contributed by atoms with van der Waals surface area (Å²) in [7, 11) is -1.76. The molecule has 17 heavy (non-hydrogen) atoms. The van der Waals surface area contributed by atoms with Crippen LogP contribution in [0.2, 0.25) is 0 Å². The highest BCUT2D eigenvalue weighted by molar-refractivity contribution is 7.89. The molecule has 0 radical (unpaired) electrons. The molecule has 1 rings (SSSR count).